The lowest BCUT2D eigenvalue weighted by Crippen LogP contribution is -2.08. The van der Waals surface area contributed by atoms with Gasteiger partial charge in [0.15, 0.2) is 11.4 Å². The summed E-state index contributed by atoms with van der Waals surface area (Å²) in [5, 5.41) is 10.4. The number of hydrogen-bond donors (Lipinski definition) is 1. The van der Waals surface area contributed by atoms with Gasteiger partial charge in [-0.15, -0.1) is 11.3 Å². The summed E-state index contributed by atoms with van der Waals surface area (Å²) < 4.78 is 2.62. The van der Waals surface area contributed by atoms with E-state index in [0.29, 0.717) is 23.9 Å². The Labute approximate surface area is 164 Å². The highest BCUT2D eigenvalue weighted by Gasteiger charge is 2.18. The molecule has 3 aromatic rings. The van der Waals surface area contributed by atoms with Crippen LogP contribution >= 0.6 is 34.5 Å². The maximum atomic E-state index is 11.4. The number of carboxylic acids is 1. The van der Waals surface area contributed by atoms with E-state index in [2.05, 4.69) is 11.9 Å². The summed E-state index contributed by atoms with van der Waals surface area (Å²) in [4.78, 5) is 27.1. The first-order valence-electron chi connectivity index (χ1n) is 8.10. The van der Waals surface area contributed by atoms with Crippen LogP contribution in [0.5, 0.6) is 0 Å². The van der Waals surface area contributed by atoms with E-state index in [-0.39, 0.29) is 15.1 Å². The van der Waals surface area contributed by atoms with Crippen LogP contribution < -0.4 is 0 Å². The first kappa shape index (κ1) is 18.9. The van der Waals surface area contributed by atoms with Crippen LogP contribution in [0.1, 0.15) is 51.3 Å². The fourth-order valence-electron chi connectivity index (χ4n) is 2.83. The van der Waals surface area contributed by atoms with Crippen molar-refractivity contribution in [3.8, 4) is 0 Å². The molecular weight excluding hydrogens is 395 g/mol. The molecule has 5 nitrogen and oxygen atoms in total. The number of halogens is 2. The normalized spacial score (nSPS) is 11.2. The molecule has 0 aliphatic rings. The Morgan fingerprint density at radius 3 is 2.81 bits per heavy atom. The first-order valence-corrected chi connectivity index (χ1v) is 9.67. The van der Waals surface area contributed by atoms with E-state index in [0.717, 1.165) is 46.7 Å². The van der Waals surface area contributed by atoms with Gasteiger partial charge < -0.3 is 9.67 Å². The average molecular weight is 411 g/mol. The molecule has 8 heteroatoms. The second-order valence-electron chi connectivity index (χ2n) is 5.89. The third-order valence-electron chi connectivity index (χ3n) is 4.13. The summed E-state index contributed by atoms with van der Waals surface area (Å²) in [6.45, 7) is 2.50. The lowest BCUT2D eigenvalue weighted by atomic mass is 10.1. The molecule has 0 radical (unpaired) electrons. The zero-order valence-electron chi connectivity index (χ0n) is 14.0. The molecule has 26 heavy (non-hydrogen) atoms. The third-order valence-corrected chi connectivity index (χ3v) is 6.07. The summed E-state index contributed by atoms with van der Waals surface area (Å²) in [7, 11) is 0. The summed E-state index contributed by atoms with van der Waals surface area (Å²) in [5.41, 5.74) is 1.24. The highest BCUT2D eigenvalue weighted by atomic mass is 35.5. The Bertz CT molecular complexity index is 994. The van der Waals surface area contributed by atoms with Crippen molar-refractivity contribution >= 4 is 56.9 Å². The molecule has 0 unspecified atom stereocenters. The summed E-state index contributed by atoms with van der Waals surface area (Å²) in [5.74, 6) is -0.272. The fraction of sp³-hybridized carbons (Fsp3) is 0.278. The number of thiophene rings is 1. The standard InChI is InChI=1S/C18H16Cl2N2O3S/c1-2-3-4-14-21-17(20)12(9-23)22(14)8-10-5-6-13-11(7-10)15(19)16(26-13)18(24)25/h5-7,9H,2-4,8H2,1H3,(H,24,25). The largest absolute Gasteiger partial charge is 0.477 e. The molecule has 0 bridgehead atoms. The predicted molar refractivity (Wildman–Crippen MR) is 104 cm³/mol. The van der Waals surface area contributed by atoms with E-state index in [9.17, 15) is 14.7 Å². The Kier molecular flexibility index (Phi) is 5.65. The van der Waals surface area contributed by atoms with Gasteiger partial charge in [0, 0.05) is 23.1 Å². The van der Waals surface area contributed by atoms with Crippen LogP contribution in [0.4, 0.5) is 0 Å². The SMILES string of the molecule is CCCCc1nc(Cl)c(C=O)n1Cc1ccc2sc(C(=O)O)c(Cl)c2c1. The minimum absolute atomic E-state index is 0.127. The van der Waals surface area contributed by atoms with Gasteiger partial charge >= 0.3 is 5.97 Å². The van der Waals surface area contributed by atoms with Crippen molar-refractivity contribution in [2.24, 2.45) is 0 Å². The molecule has 0 saturated carbocycles. The smallest absolute Gasteiger partial charge is 0.347 e. The number of carbonyl (C=O) groups excluding carboxylic acids is 1. The number of aldehydes is 1. The lowest BCUT2D eigenvalue weighted by molar-refractivity contribution is 0.0702. The molecule has 0 aliphatic carbocycles. The van der Waals surface area contributed by atoms with Gasteiger partial charge in [-0.05, 0) is 24.1 Å². The number of benzene rings is 1. The number of unbranched alkanes of at least 4 members (excludes halogenated alkanes) is 1. The maximum Gasteiger partial charge on any atom is 0.347 e. The Hall–Kier alpha value is -1.89. The Morgan fingerprint density at radius 2 is 2.15 bits per heavy atom. The number of nitrogens with zero attached hydrogens (tertiary/aromatic N) is 2. The molecule has 0 aliphatic heterocycles. The number of carboxylic acid groups (broad SMARTS) is 1. The van der Waals surface area contributed by atoms with Gasteiger partial charge in [0.25, 0.3) is 0 Å². The monoisotopic (exact) mass is 410 g/mol. The average Bonchev–Trinajstić information content (AvgIpc) is 3.10. The number of imidazole rings is 1. The van der Waals surface area contributed by atoms with Gasteiger partial charge in [-0.25, -0.2) is 9.78 Å². The van der Waals surface area contributed by atoms with Crippen LogP contribution in [0.25, 0.3) is 10.1 Å². The Morgan fingerprint density at radius 1 is 1.38 bits per heavy atom. The lowest BCUT2D eigenvalue weighted by Gasteiger charge is -2.10. The molecule has 136 valence electrons. The van der Waals surface area contributed by atoms with Crippen molar-refractivity contribution in [3.05, 3.63) is 50.3 Å². The number of aryl methyl sites for hydroxylation is 1. The van der Waals surface area contributed by atoms with E-state index < -0.39 is 5.97 Å². The second-order valence-corrected chi connectivity index (χ2v) is 7.68. The van der Waals surface area contributed by atoms with Gasteiger partial charge in [-0.3, -0.25) is 4.79 Å². The number of fused-ring (bicyclic) bond motifs is 1. The quantitative estimate of drug-likeness (QED) is 0.535. The van der Waals surface area contributed by atoms with E-state index in [1.165, 1.54) is 0 Å². The van der Waals surface area contributed by atoms with Crippen LogP contribution in [0.3, 0.4) is 0 Å². The highest BCUT2D eigenvalue weighted by Crippen LogP contribution is 2.36. The molecule has 3 rings (SSSR count). The fourth-order valence-corrected chi connectivity index (χ4v) is 4.40. The van der Waals surface area contributed by atoms with Crippen LogP contribution in [0.2, 0.25) is 10.2 Å². The van der Waals surface area contributed by atoms with Gasteiger partial charge in [0.05, 0.1) is 5.02 Å². The third kappa shape index (κ3) is 3.49. The molecule has 1 aromatic carbocycles. The maximum absolute atomic E-state index is 11.4. The zero-order valence-corrected chi connectivity index (χ0v) is 16.3. The molecular formula is C18H16Cl2N2O3S. The van der Waals surface area contributed by atoms with Crippen LogP contribution in [-0.2, 0) is 13.0 Å². The van der Waals surface area contributed by atoms with Crippen LogP contribution in [0, 0.1) is 0 Å². The minimum atomic E-state index is -1.04. The number of aromatic nitrogens is 2. The second kappa shape index (κ2) is 7.78. The Balaban J connectivity index is 2.02. The topological polar surface area (TPSA) is 72.2 Å². The van der Waals surface area contributed by atoms with Crippen molar-refractivity contribution in [1.29, 1.82) is 0 Å². The minimum Gasteiger partial charge on any atom is -0.477 e. The van der Waals surface area contributed by atoms with Crippen molar-refractivity contribution in [3.63, 3.8) is 0 Å². The van der Waals surface area contributed by atoms with Crippen LogP contribution in [-0.4, -0.2) is 26.9 Å². The molecule has 1 N–H and O–H groups in total. The van der Waals surface area contributed by atoms with Gasteiger partial charge in [0.2, 0.25) is 0 Å². The molecule has 0 amide bonds. The van der Waals surface area contributed by atoms with Crippen LogP contribution in [0.15, 0.2) is 18.2 Å². The predicted octanol–water partition coefficient (Wildman–Crippen LogP) is 5.31. The van der Waals surface area contributed by atoms with Crippen molar-refractivity contribution in [2.45, 2.75) is 32.7 Å². The van der Waals surface area contributed by atoms with E-state index in [1.54, 1.807) is 0 Å². The van der Waals surface area contributed by atoms with Crippen molar-refractivity contribution in [2.75, 3.05) is 0 Å². The number of hydrogen-bond acceptors (Lipinski definition) is 4. The van der Waals surface area contributed by atoms with Gasteiger partial charge in [-0.2, -0.15) is 0 Å². The molecule has 0 spiro atoms. The number of aromatic carboxylic acids is 1. The molecule has 2 heterocycles. The summed E-state index contributed by atoms with van der Waals surface area (Å²) in [6.07, 6.45) is 3.40. The zero-order chi connectivity index (χ0) is 18.8. The highest BCUT2D eigenvalue weighted by molar-refractivity contribution is 7.21. The first-order chi connectivity index (χ1) is 12.5. The van der Waals surface area contributed by atoms with E-state index in [1.807, 2.05) is 22.8 Å². The van der Waals surface area contributed by atoms with Gasteiger partial charge in [-0.1, -0.05) is 42.6 Å². The van der Waals surface area contributed by atoms with Gasteiger partial charge in [0.1, 0.15) is 16.4 Å². The molecule has 0 saturated heterocycles. The molecule has 2 aromatic heterocycles. The van der Waals surface area contributed by atoms with E-state index in [4.69, 9.17) is 23.2 Å². The molecule has 0 atom stereocenters. The summed E-state index contributed by atoms with van der Waals surface area (Å²) in [6, 6.07) is 5.60. The number of rotatable bonds is 7. The van der Waals surface area contributed by atoms with E-state index >= 15 is 0 Å². The summed E-state index contributed by atoms with van der Waals surface area (Å²) >= 11 is 13.5. The van der Waals surface area contributed by atoms with Crippen molar-refractivity contribution in [1.82, 2.24) is 9.55 Å². The molecule has 0 fully saturated rings. The number of carbonyl (C=O) groups is 2. The van der Waals surface area contributed by atoms with Crippen molar-refractivity contribution < 1.29 is 14.7 Å².